The monoisotopic (exact) mass is 368 g/mol. The minimum Gasteiger partial charge on any atom is -0.483 e. The van der Waals surface area contributed by atoms with Gasteiger partial charge in [-0.05, 0) is 45.0 Å². The number of fused-ring (bicyclic) bond motifs is 1. The van der Waals surface area contributed by atoms with E-state index in [1.54, 1.807) is 0 Å². The fourth-order valence-corrected chi connectivity index (χ4v) is 2.73. The number of carbonyl (C=O) groups is 1. The van der Waals surface area contributed by atoms with Gasteiger partial charge in [-0.1, -0.05) is 18.2 Å². The van der Waals surface area contributed by atoms with E-state index in [1.807, 2.05) is 63.2 Å². The Morgan fingerprint density at radius 2 is 1.81 bits per heavy atom. The molecule has 0 spiro atoms. The average molecular weight is 368 g/mol. The van der Waals surface area contributed by atoms with E-state index in [0.717, 1.165) is 22.3 Å². The number of hydrogen-bond acceptors (Lipinski definition) is 4. The molecule has 0 bridgehead atoms. The summed E-state index contributed by atoms with van der Waals surface area (Å²) in [5.41, 5.74) is 2.79. The number of aromatic nitrogens is 2. The van der Waals surface area contributed by atoms with E-state index in [-0.39, 0.29) is 23.7 Å². The van der Waals surface area contributed by atoms with Crippen molar-refractivity contribution >= 4 is 22.6 Å². The molecule has 0 aliphatic heterocycles. The van der Waals surface area contributed by atoms with Gasteiger partial charge in [0.1, 0.15) is 5.75 Å². The summed E-state index contributed by atoms with van der Waals surface area (Å²) in [5, 5.41) is 6.19. The summed E-state index contributed by atoms with van der Waals surface area (Å²) >= 11 is 0. The highest BCUT2D eigenvalue weighted by molar-refractivity contribution is 5.79. The SMILES string of the molecule is CC(C)(C)NC(=O)COc1ccccc1CNc1ccc2[nH]c(=O)[nH]c2c1. The van der Waals surface area contributed by atoms with Crippen LogP contribution in [0, 0.1) is 0 Å². The Kier molecular flexibility index (Phi) is 5.21. The van der Waals surface area contributed by atoms with Crippen molar-refractivity contribution < 1.29 is 9.53 Å². The second-order valence-electron chi connectivity index (χ2n) is 7.39. The second kappa shape index (κ2) is 7.57. The van der Waals surface area contributed by atoms with Crippen molar-refractivity contribution in [1.29, 1.82) is 0 Å². The molecule has 0 saturated heterocycles. The molecule has 0 fully saturated rings. The molecule has 1 amide bonds. The van der Waals surface area contributed by atoms with Crippen LogP contribution in [0.5, 0.6) is 5.75 Å². The molecule has 1 aromatic heterocycles. The van der Waals surface area contributed by atoms with Crippen LogP contribution in [-0.2, 0) is 11.3 Å². The topological polar surface area (TPSA) is 99.0 Å². The Balaban J connectivity index is 1.64. The zero-order chi connectivity index (χ0) is 19.4. The minimum atomic E-state index is -0.292. The first-order chi connectivity index (χ1) is 12.8. The fraction of sp³-hybridized carbons (Fsp3) is 0.300. The van der Waals surface area contributed by atoms with Gasteiger partial charge < -0.3 is 25.3 Å². The number of anilines is 1. The predicted molar refractivity (Wildman–Crippen MR) is 106 cm³/mol. The van der Waals surface area contributed by atoms with Crippen molar-refractivity contribution in [3.8, 4) is 5.75 Å². The molecule has 142 valence electrons. The lowest BCUT2D eigenvalue weighted by Crippen LogP contribution is -2.43. The van der Waals surface area contributed by atoms with Gasteiger partial charge in [0, 0.05) is 23.3 Å². The quantitative estimate of drug-likeness (QED) is 0.538. The molecule has 0 aliphatic carbocycles. The number of imidazole rings is 1. The summed E-state index contributed by atoms with van der Waals surface area (Å²) in [7, 11) is 0. The Morgan fingerprint density at radius 3 is 2.59 bits per heavy atom. The lowest BCUT2D eigenvalue weighted by molar-refractivity contribution is -0.124. The Morgan fingerprint density at radius 1 is 1.07 bits per heavy atom. The van der Waals surface area contributed by atoms with Crippen molar-refractivity contribution in [1.82, 2.24) is 15.3 Å². The van der Waals surface area contributed by atoms with Crippen molar-refractivity contribution in [3.05, 3.63) is 58.5 Å². The number of aromatic amines is 2. The minimum absolute atomic E-state index is 0.0369. The molecular weight excluding hydrogens is 344 g/mol. The number of hydrogen-bond donors (Lipinski definition) is 4. The molecule has 0 unspecified atom stereocenters. The van der Waals surface area contributed by atoms with E-state index < -0.39 is 0 Å². The van der Waals surface area contributed by atoms with Crippen molar-refractivity contribution in [2.75, 3.05) is 11.9 Å². The van der Waals surface area contributed by atoms with E-state index in [9.17, 15) is 9.59 Å². The van der Waals surface area contributed by atoms with Gasteiger partial charge >= 0.3 is 5.69 Å². The normalized spacial score (nSPS) is 11.4. The lowest BCUT2D eigenvalue weighted by atomic mass is 10.1. The largest absolute Gasteiger partial charge is 0.483 e. The van der Waals surface area contributed by atoms with Crippen LogP contribution in [0.4, 0.5) is 5.69 Å². The Labute approximate surface area is 157 Å². The van der Waals surface area contributed by atoms with Gasteiger partial charge in [0.05, 0.1) is 11.0 Å². The Bertz CT molecular complexity index is 998. The van der Waals surface area contributed by atoms with Gasteiger partial charge in [-0.2, -0.15) is 0 Å². The highest BCUT2D eigenvalue weighted by atomic mass is 16.5. The summed E-state index contributed by atoms with van der Waals surface area (Å²) in [5.74, 6) is 0.498. The molecule has 0 radical (unpaired) electrons. The van der Waals surface area contributed by atoms with Gasteiger partial charge in [-0.15, -0.1) is 0 Å². The van der Waals surface area contributed by atoms with Crippen LogP contribution in [-0.4, -0.2) is 28.0 Å². The first-order valence-electron chi connectivity index (χ1n) is 8.78. The summed E-state index contributed by atoms with van der Waals surface area (Å²) in [6.45, 7) is 6.27. The number of para-hydroxylation sites is 1. The van der Waals surface area contributed by atoms with Gasteiger partial charge in [0.15, 0.2) is 6.61 Å². The molecular formula is C20H24N4O3. The molecule has 0 saturated carbocycles. The standard InChI is InChI=1S/C20H24N4O3/c1-20(2,3)24-18(25)12-27-17-7-5-4-6-13(17)11-21-14-8-9-15-16(10-14)23-19(26)22-15/h4-10,21H,11-12H2,1-3H3,(H,24,25)(H2,22,23,26). The van der Waals surface area contributed by atoms with Crippen LogP contribution in [0.25, 0.3) is 11.0 Å². The smallest absolute Gasteiger partial charge is 0.323 e. The molecule has 7 nitrogen and oxygen atoms in total. The molecule has 2 aromatic carbocycles. The van der Waals surface area contributed by atoms with E-state index in [0.29, 0.717) is 12.3 Å². The van der Waals surface area contributed by atoms with Gasteiger partial charge in [-0.25, -0.2) is 4.79 Å². The molecule has 0 atom stereocenters. The molecule has 27 heavy (non-hydrogen) atoms. The maximum Gasteiger partial charge on any atom is 0.323 e. The van der Waals surface area contributed by atoms with E-state index in [2.05, 4.69) is 20.6 Å². The number of amides is 1. The summed E-state index contributed by atoms with van der Waals surface area (Å²) in [6.07, 6.45) is 0. The van der Waals surface area contributed by atoms with E-state index >= 15 is 0 Å². The fourth-order valence-electron chi connectivity index (χ4n) is 2.73. The molecule has 3 aromatic rings. The number of H-pyrrole nitrogens is 2. The van der Waals surface area contributed by atoms with Crippen molar-refractivity contribution in [3.63, 3.8) is 0 Å². The zero-order valence-corrected chi connectivity index (χ0v) is 15.7. The van der Waals surface area contributed by atoms with Crippen LogP contribution >= 0.6 is 0 Å². The first-order valence-corrected chi connectivity index (χ1v) is 8.78. The van der Waals surface area contributed by atoms with Crippen LogP contribution < -0.4 is 21.1 Å². The molecule has 1 heterocycles. The lowest BCUT2D eigenvalue weighted by Gasteiger charge is -2.21. The summed E-state index contributed by atoms with van der Waals surface area (Å²) in [6, 6.07) is 13.2. The second-order valence-corrected chi connectivity index (χ2v) is 7.39. The summed E-state index contributed by atoms with van der Waals surface area (Å²) < 4.78 is 5.70. The van der Waals surface area contributed by atoms with Gasteiger partial charge in [-0.3, -0.25) is 4.79 Å². The third-order valence-electron chi connectivity index (χ3n) is 3.84. The summed E-state index contributed by atoms with van der Waals surface area (Å²) in [4.78, 5) is 28.8. The molecule has 3 rings (SSSR count). The molecule has 7 heteroatoms. The van der Waals surface area contributed by atoms with Crippen LogP contribution in [0.3, 0.4) is 0 Å². The van der Waals surface area contributed by atoms with Crippen LogP contribution in [0.2, 0.25) is 0 Å². The van der Waals surface area contributed by atoms with Gasteiger partial charge in [0.25, 0.3) is 5.91 Å². The van der Waals surface area contributed by atoms with Crippen LogP contribution in [0.15, 0.2) is 47.3 Å². The third kappa shape index (κ3) is 5.13. The highest BCUT2D eigenvalue weighted by Gasteiger charge is 2.14. The molecule has 4 N–H and O–H groups in total. The number of carbonyl (C=O) groups excluding carboxylic acids is 1. The number of benzene rings is 2. The number of ether oxygens (including phenoxy) is 1. The highest BCUT2D eigenvalue weighted by Crippen LogP contribution is 2.21. The maximum absolute atomic E-state index is 12.0. The van der Waals surface area contributed by atoms with E-state index in [1.165, 1.54) is 0 Å². The number of nitrogens with one attached hydrogen (secondary N) is 4. The third-order valence-corrected chi connectivity index (χ3v) is 3.84. The van der Waals surface area contributed by atoms with Crippen LogP contribution in [0.1, 0.15) is 26.3 Å². The Hall–Kier alpha value is -3.22. The van der Waals surface area contributed by atoms with E-state index in [4.69, 9.17) is 4.74 Å². The van der Waals surface area contributed by atoms with Crippen molar-refractivity contribution in [2.45, 2.75) is 32.9 Å². The zero-order valence-electron chi connectivity index (χ0n) is 15.7. The number of rotatable bonds is 6. The first kappa shape index (κ1) is 18.6. The average Bonchev–Trinajstić information content (AvgIpc) is 2.96. The predicted octanol–water partition coefficient (Wildman–Crippen LogP) is 2.76. The maximum atomic E-state index is 12.0. The molecule has 0 aliphatic rings. The van der Waals surface area contributed by atoms with Gasteiger partial charge in [0.2, 0.25) is 0 Å². The van der Waals surface area contributed by atoms with Crippen molar-refractivity contribution in [2.24, 2.45) is 0 Å².